The van der Waals surface area contributed by atoms with Crippen LogP contribution in [0.5, 0.6) is 5.75 Å². The lowest BCUT2D eigenvalue weighted by molar-refractivity contribution is 0.284. The molecule has 5 heteroatoms. The Morgan fingerprint density at radius 1 is 0.710 bits per heavy atom. The third-order valence-corrected chi connectivity index (χ3v) is 5.69. The Morgan fingerprint density at radius 3 is 1.68 bits per heavy atom. The lowest BCUT2D eigenvalue weighted by atomic mass is 9.98. The van der Waals surface area contributed by atoms with Gasteiger partial charge in [0.15, 0.2) is 11.8 Å². The summed E-state index contributed by atoms with van der Waals surface area (Å²) in [5, 5.41) is 9.64. The molecule has 31 heavy (non-hydrogen) atoms. The van der Waals surface area contributed by atoms with Gasteiger partial charge in [-0.25, -0.2) is 9.98 Å². The largest absolute Gasteiger partial charge is 0.508 e. The van der Waals surface area contributed by atoms with Crippen molar-refractivity contribution in [2.24, 2.45) is 15.9 Å². The van der Waals surface area contributed by atoms with Gasteiger partial charge in [0.05, 0.1) is 0 Å². The first kappa shape index (κ1) is 19.4. The highest BCUT2D eigenvalue weighted by Gasteiger charge is 2.35. The van der Waals surface area contributed by atoms with Crippen LogP contribution in [0.2, 0.25) is 0 Å². The minimum absolute atomic E-state index is 0.0227. The average molecular weight is 412 g/mol. The van der Waals surface area contributed by atoms with Crippen molar-refractivity contribution in [1.82, 2.24) is 0 Å². The van der Waals surface area contributed by atoms with Crippen molar-refractivity contribution < 1.29 is 14.6 Å². The molecule has 0 bridgehead atoms. The van der Waals surface area contributed by atoms with Crippen molar-refractivity contribution in [2.45, 2.75) is 18.5 Å². The van der Waals surface area contributed by atoms with Gasteiger partial charge in [0.25, 0.3) is 0 Å². The van der Waals surface area contributed by atoms with Crippen LogP contribution in [0, 0.1) is 5.92 Å². The molecule has 0 radical (unpaired) electrons. The molecule has 3 aromatic carbocycles. The number of phenols is 1. The molecule has 0 amide bonds. The smallest absolute Gasteiger partial charge is 0.197 e. The molecule has 0 unspecified atom stereocenters. The number of nitrogens with zero attached hydrogens (tertiary/aromatic N) is 2. The van der Waals surface area contributed by atoms with Gasteiger partial charge in [0.2, 0.25) is 0 Å². The molecule has 2 heterocycles. The van der Waals surface area contributed by atoms with Crippen molar-refractivity contribution in [2.75, 3.05) is 13.2 Å². The molecule has 1 N–H and O–H groups in total. The fourth-order valence-electron chi connectivity index (χ4n) is 4.01. The summed E-state index contributed by atoms with van der Waals surface area (Å²) in [6.07, 6.45) is 0.640. The van der Waals surface area contributed by atoms with Gasteiger partial charge < -0.3 is 14.6 Å². The number of aliphatic imine (C=N–C) groups is 2. The van der Waals surface area contributed by atoms with Gasteiger partial charge in [-0.2, -0.15) is 0 Å². The summed E-state index contributed by atoms with van der Waals surface area (Å²) in [6, 6.07) is 27.5. The van der Waals surface area contributed by atoms with Crippen LogP contribution in [0.25, 0.3) is 0 Å². The molecule has 0 saturated carbocycles. The first-order chi connectivity index (χ1) is 15.3. The van der Waals surface area contributed by atoms with Crippen LogP contribution < -0.4 is 0 Å². The van der Waals surface area contributed by atoms with E-state index in [1.165, 1.54) is 0 Å². The second kappa shape index (κ2) is 8.64. The van der Waals surface area contributed by atoms with Gasteiger partial charge in [-0.1, -0.05) is 72.8 Å². The van der Waals surface area contributed by atoms with Crippen LogP contribution in [0.3, 0.4) is 0 Å². The van der Waals surface area contributed by atoms with Crippen LogP contribution in [0.15, 0.2) is 94.9 Å². The van der Waals surface area contributed by atoms with E-state index in [1.807, 2.05) is 48.5 Å². The summed E-state index contributed by atoms with van der Waals surface area (Å²) in [7, 11) is 0. The zero-order valence-electron chi connectivity index (χ0n) is 17.1. The monoisotopic (exact) mass is 412 g/mol. The molecule has 5 rings (SSSR count). The Bertz CT molecular complexity index is 1010. The van der Waals surface area contributed by atoms with Gasteiger partial charge in [0, 0.05) is 0 Å². The van der Waals surface area contributed by atoms with E-state index in [4.69, 9.17) is 19.5 Å². The maximum Gasteiger partial charge on any atom is 0.197 e. The summed E-state index contributed by atoms with van der Waals surface area (Å²) in [6.45, 7) is 1.03. The zero-order valence-corrected chi connectivity index (χ0v) is 17.1. The Morgan fingerprint density at radius 2 is 1.19 bits per heavy atom. The minimum atomic E-state index is -0.202. The standard InChI is InChI=1S/C26H24N2O3/c29-21-13-11-18(12-14-21)15-22(25-27-23(16-30-25)19-7-3-1-4-8-19)26-28-24(17-31-26)20-9-5-2-6-10-20/h1-14,22-24,29H,15-17H2/t23-,24-/m0/s1. The number of hydrogen-bond acceptors (Lipinski definition) is 5. The molecule has 0 saturated heterocycles. The molecular formula is C26H24N2O3. The van der Waals surface area contributed by atoms with E-state index in [0.717, 1.165) is 16.7 Å². The first-order valence-corrected chi connectivity index (χ1v) is 10.5. The van der Waals surface area contributed by atoms with Crippen LogP contribution in [0.4, 0.5) is 0 Å². The molecule has 2 atom stereocenters. The molecule has 5 nitrogen and oxygen atoms in total. The topological polar surface area (TPSA) is 63.4 Å². The third-order valence-electron chi connectivity index (χ3n) is 5.69. The fraction of sp³-hybridized carbons (Fsp3) is 0.231. The molecule has 2 aliphatic rings. The maximum atomic E-state index is 9.64. The highest BCUT2D eigenvalue weighted by atomic mass is 16.5. The Balaban J connectivity index is 1.44. The first-order valence-electron chi connectivity index (χ1n) is 10.5. The summed E-state index contributed by atoms with van der Waals surface area (Å²) in [4.78, 5) is 9.80. The van der Waals surface area contributed by atoms with Crippen molar-refractivity contribution in [3.05, 3.63) is 102 Å². The highest BCUT2D eigenvalue weighted by molar-refractivity contribution is 6.02. The highest BCUT2D eigenvalue weighted by Crippen LogP contribution is 2.31. The lowest BCUT2D eigenvalue weighted by Gasteiger charge is -2.16. The molecule has 0 spiro atoms. The van der Waals surface area contributed by atoms with Crippen molar-refractivity contribution in [3.63, 3.8) is 0 Å². The molecule has 2 aliphatic heterocycles. The SMILES string of the molecule is Oc1ccc(CC(C2=N[C@H](c3ccccc3)CO2)C2=N[C@H](c3ccccc3)CO2)cc1. The summed E-state index contributed by atoms with van der Waals surface area (Å²) >= 11 is 0. The third kappa shape index (κ3) is 4.31. The average Bonchev–Trinajstić information content (AvgIpc) is 3.51. The number of hydrogen-bond donors (Lipinski definition) is 1. The van der Waals surface area contributed by atoms with E-state index in [0.29, 0.717) is 31.4 Å². The number of rotatable bonds is 6. The molecule has 0 aliphatic carbocycles. The molecule has 3 aromatic rings. The molecule has 0 aromatic heterocycles. The number of benzene rings is 3. The van der Waals surface area contributed by atoms with Crippen molar-refractivity contribution in [1.29, 1.82) is 0 Å². The normalized spacial score (nSPS) is 20.2. The predicted octanol–water partition coefficient (Wildman–Crippen LogP) is 4.89. The second-order valence-corrected chi connectivity index (χ2v) is 7.83. The number of aromatic hydroxyl groups is 1. The summed E-state index contributed by atoms with van der Waals surface area (Å²) < 4.78 is 12.1. The minimum Gasteiger partial charge on any atom is -0.508 e. The Hall–Kier alpha value is -3.60. The van der Waals surface area contributed by atoms with Gasteiger partial charge >= 0.3 is 0 Å². The van der Waals surface area contributed by atoms with Crippen molar-refractivity contribution >= 4 is 11.8 Å². The molecule has 0 fully saturated rings. The molecular weight excluding hydrogens is 388 g/mol. The van der Waals surface area contributed by atoms with Crippen molar-refractivity contribution in [3.8, 4) is 5.75 Å². The van der Waals surface area contributed by atoms with Crippen LogP contribution in [-0.2, 0) is 15.9 Å². The molecule has 156 valence electrons. The van der Waals surface area contributed by atoms with E-state index in [2.05, 4.69) is 24.3 Å². The summed E-state index contributed by atoms with van der Waals surface area (Å²) in [5.41, 5.74) is 3.33. The van der Waals surface area contributed by atoms with Gasteiger partial charge in [-0.3, -0.25) is 0 Å². The quantitative estimate of drug-likeness (QED) is 0.627. The second-order valence-electron chi connectivity index (χ2n) is 7.83. The van der Waals surface area contributed by atoms with E-state index in [1.54, 1.807) is 12.1 Å². The fourth-order valence-corrected chi connectivity index (χ4v) is 4.01. The number of ether oxygens (including phenoxy) is 2. The van der Waals surface area contributed by atoms with Crippen LogP contribution in [0.1, 0.15) is 28.8 Å². The Kier molecular flexibility index (Phi) is 5.40. The van der Waals surface area contributed by atoms with Gasteiger partial charge in [0.1, 0.15) is 37.0 Å². The zero-order chi connectivity index (χ0) is 21.0. The lowest BCUT2D eigenvalue weighted by Crippen LogP contribution is -2.27. The van der Waals surface area contributed by atoms with Gasteiger partial charge in [-0.15, -0.1) is 0 Å². The predicted molar refractivity (Wildman–Crippen MR) is 120 cm³/mol. The van der Waals surface area contributed by atoms with E-state index >= 15 is 0 Å². The van der Waals surface area contributed by atoms with Gasteiger partial charge in [-0.05, 0) is 35.2 Å². The summed E-state index contributed by atoms with van der Waals surface area (Å²) in [5.74, 6) is 1.37. The van der Waals surface area contributed by atoms with Crippen LogP contribution in [-0.4, -0.2) is 30.1 Å². The van der Waals surface area contributed by atoms with E-state index in [-0.39, 0.29) is 23.8 Å². The van der Waals surface area contributed by atoms with Crippen LogP contribution >= 0.6 is 0 Å². The van der Waals surface area contributed by atoms with E-state index in [9.17, 15) is 5.11 Å². The number of phenolic OH excluding ortho intramolecular Hbond substituents is 1. The maximum absolute atomic E-state index is 9.64. The Labute approximate surface area is 181 Å². The van der Waals surface area contributed by atoms with E-state index < -0.39 is 0 Å².